The minimum atomic E-state index is -1.40. The highest BCUT2D eigenvalue weighted by atomic mass is 16.5. The Morgan fingerprint density at radius 1 is 1.10 bits per heavy atom. The number of hydrogen-bond acceptors (Lipinski definition) is 7. The highest BCUT2D eigenvalue weighted by Gasteiger charge is 2.13. The Morgan fingerprint density at radius 3 is 2.47 bits per heavy atom. The van der Waals surface area contributed by atoms with Gasteiger partial charge in [-0.3, -0.25) is 9.59 Å². The molecule has 0 aliphatic rings. The van der Waals surface area contributed by atoms with Crippen LogP contribution in [0.5, 0.6) is 11.5 Å². The van der Waals surface area contributed by atoms with Crippen LogP contribution < -0.4 is 25.3 Å². The van der Waals surface area contributed by atoms with Crippen molar-refractivity contribution < 1.29 is 29.0 Å². The smallest absolute Gasteiger partial charge is 0.329 e. The van der Waals surface area contributed by atoms with Gasteiger partial charge in [-0.1, -0.05) is 12.7 Å². The van der Waals surface area contributed by atoms with E-state index in [2.05, 4.69) is 22.4 Å². The third-order valence-electron chi connectivity index (χ3n) is 3.59. The number of aromatic carboxylic acids is 1. The molecule has 0 aliphatic heterocycles. The van der Waals surface area contributed by atoms with Crippen LogP contribution in [0, 0.1) is 0 Å². The monoisotopic (exact) mass is 410 g/mol. The molecule has 2 amide bonds. The van der Waals surface area contributed by atoms with Crippen molar-refractivity contribution in [3.8, 4) is 11.5 Å². The van der Waals surface area contributed by atoms with E-state index in [-0.39, 0.29) is 11.3 Å². The normalized spacial score (nSPS) is 10.3. The summed E-state index contributed by atoms with van der Waals surface area (Å²) in [6, 6.07) is 10.7. The lowest BCUT2D eigenvalue weighted by atomic mass is 10.1. The molecule has 0 aliphatic carbocycles. The van der Waals surface area contributed by atoms with Gasteiger partial charge in [0.1, 0.15) is 18.1 Å². The van der Waals surface area contributed by atoms with E-state index in [1.54, 1.807) is 43.3 Å². The zero-order valence-corrected chi connectivity index (χ0v) is 16.2. The first-order valence-electron chi connectivity index (χ1n) is 8.91. The number of amides is 2. The third-order valence-corrected chi connectivity index (χ3v) is 3.59. The van der Waals surface area contributed by atoms with E-state index in [1.165, 1.54) is 18.3 Å². The van der Waals surface area contributed by atoms with Gasteiger partial charge < -0.3 is 24.7 Å². The maximum absolute atomic E-state index is 11.9. The van der Waals surface area contributed by atoms with Crippen molar-refractivity contribution in [2.45, 2.75) is 6.92 Å². The molecule has 0 radical (unpaired) electrons. The van der Waals surface area contributed by atoms with Gasteiger partial charge in [-0.2, -0.15) is 5.10 Å². The molecule has 0 aromatic heterocycles. The summed E-state index contributed by atoms with van der Waals surface area (Å²) in [5.41, 5.74) is 2.69. The van der Waals surface area contributed by atoms with E-state index in [9.17, 15) is 19.5 Å². The molecule has 0 unspecified atom stereocenters. The van der Waals surface area contributed by atoms with Gasteiger partial charge in [-0.25, -0.2) is 5.43 Å². The van der Waals surface area contributed by atoms with Crippen LogP contribution in [0.1, 0.15) is 22.8 Å². The quantitative estimate of drug-likeness (QED) is 0.276. The van der Waals surface area contributed by atoms with E-state index < -0.39 is 17.8 Å². The fourth-order valence-electron chi connectivity index (χ4n) is 2.26. The second kappa shape index (κ2) is 11.0. The maximum atomic E-state index is 11.9. The number of ether oxygens (including phenoxy) is 2. The molecule has 0 saturated carbocycles. The Morgan fingerprint density at radius 2 is 1.83 bits per heavy atom. The van der Waals surface area contributed by atoms with Gasteiger partial charge in [-0.05, 0) is 55.0 Å². The second-order valence-corrected chi connectivity index (χ2v) is 5.75. The number of anilines is 1. The number of nitrogens with one attached hydrogen (secondary N) is 2. The van der Waals surface area contributed by atoms with Crippen LogP contribution in [-0.4, -0.2) is 37.2 Å². The van der Waals surface area contributed by atoms with Gasteiger partial charge in [-0.15, -0.1) is 0 Å². The molecule has 2 rings (SSSR count). The molecule has 0 spiro atoms. The lowest BCUT2D eigenvalue weighted by Gasteiger charge is -2.11. The van der Waals surface area contributed by atoms with Crippen LogP contribution in [0.3, 0.4) is 0 Å². The zero-order valence-electron chi connectivity index (χ0n) is 16.2. The van der Waals surface area contributed by atoms with Gasteiger partial charge >= 0.3 is 11.8 Å². The molecule has 2 aromatic carbocycles. The van der Waals surface area contributed by atoms with Crippen LogP contribution in [0.15, 0.2) is 60.2 Å². The summed E-state index contributed by atoms with van der Waals surface area (Å²) >= 11 is 0. The van der Waals surface area contributed by atoms with E-state index in [4.69, 9.17) is 9.47 Å². The molecule has 9 heteroatoms. The minimum absolute atomic E-state index is 0.148. The highest BCUT2D eigenvalue weighted by molar-refractivity contribution is 6.39. The third kappa shape index (κ3) is 6.48. The summed E-state index contributed by atoms with van der Waals surface area (Å²) in [6.07, 6.45) is 2.80. The van der Waals surface area contributed by atoms with E-state index >= 15 is 0 Å². The molecular weight excluding hydrogens is 390 g/mol. The van der Waals surface area contributed by atoms with Gasteiger partial charge in [0.2, 0.25) is 0 Å². The molecular formula is C21H20N3O6-. The number of rotatable bonds is 9. The predicted molar refractivity (Wildman–Crippen MR) is 108 cm³/mol. The topological polar surface area (TPSA) is 129 Å². The first-order valence-corrected chi connectivity index (χ1v) is 8.91. The van der Waals surface area contributed by atoms with Gasteiger partial charge in [0.15, 0.2) is 0 Å². The minimum Gasteiger partial charge on any atom is -0.545 e. The summed E-state index contributed by atoms with van der Waals surface area (Å²) in [7, 11) is 0. The van der Waals surface area contributed by atoms with E-state index in [0.29, 0.717) is 30.2 Å². The van der Waals surface area contributed by atoms with Crippen LogP contribution in [0.25, 0.3) is 0 Å². The average Bonchev–Trinajstić information content (AvgIpc) is 2.74. The SMILES string of the molecule is C=CCOc1ccc(NC(=O)C(=O)N/N=C\c2ccc(OCC)c(C(=O)[O-])c2)cc1. The summed E-state index contributed by atoms with van der Waals surface area (Å²) in [6.45, 7) is 5.92. The average molecular weight is 410 g/mol. The Bertz CT molecular complexity index is 954. The molecule has 156 valence electrons. The molecule has 0 heterocycles. The number of carboxylic acid groups (broad SMARTS) is 1. The first kappa shape index (κ1) is 22.2. The summed E-state index contributed by atoms with van der Waals surface area (Å²) < 4.78 is 10.5. The Labute approximate surface area is 173 Å². The Hall–Kier alpha value is -4.14. The van der Waals surface area contributed by atoms with Gasteiger partial charge in [0.05, 0.1) is 18.8 Å². The molecule has 30 heavy (non-hydrogen) atoms. The molecule has 0 atom stereocenters. The number of hydrogen-bond donors (Lipinski definition) is 2. The van der Waals surface area contributed by atoms with Crippen molar-refractivity contribution >= 4 is 29.7 Å². The predicted octanol–water partition coefficient (Wildman–Crippen LogP) is 1.10. The number of carboxylic acids is 1. The molecule has 0 bridgehead atoms. The number of benzene rings is 2. The van der Waals surface area contributed by atoms with Gasteiger partial charge in [0.25, 0.3) is 0 Å². The largest absolute Gasteiger partial charge is 0.545 e. The van der Waals surface area contributed by atoms with Crippen molar-refractivity contribution in [3.63, 3.8) is 0 Å². The number of hydrazone groups is 1. The first-order chi connectivity index (χ1) is 14.4. The fraction of sp³-hybridized carbons (Fsp3) is 0.143. The van der Waals surface area contributed by atoms with Crippen molar-refractivity contribution in [2.24, 2.45) is 5.10 Å². The lowest BCUT2D eigenvalue weighted by molar-refractivity contribution is -0.255. The van der Waals surface area contributed by atoms with Crippen LogP contribution in [0.2, 0.25) is 0 Å². The van der Waals surface area contributed by atoms with Crippen molar-refractivity contribution in [3.05, 3.63) is 66.2 Å². The number of carbonyl (C=O) groups excluding carboxylic acids is 3. The number of carbonyl (C=O) groups is 3. The lowest BCUT2D eigenvalue weighted by Crippen LogP contribution is -2.32. The zero-order chi connectivity index (χ0) is 21.9. The van der Waals surface area contributed by atoms with Crippen LogP contribution >= 0.6 is 0 Å². The van der Waals surface area contributed by atoms with Crippen LogP contribution in [0.4, 0.5) is 5.69 Å². The summed E-state index contributed by atoms with van der Waals surface area (Å²) in [5, 5.41) is 17.3. The van der Waals surface area contributed by atoms with Crippen molar-refractivity contribution in [2.75, 3.05) is 18.5 Å². The molecule has 2 N–H and O–H groups in total. The van der Waals surface area contributed by atoms with Gasteiger partial charge in [0, 0.05) is 11.3 Å². The number of nitrogens with zero attached hydrogens (tertiary/aromatic N) is 1. The van der Waals surface area contributed by atoms with Crippen molar-refractivity contribution in [1.82, 2.24) is 5.43 Å². The maximum Gasteiger partial charge on any atom is 0.329 e. The standard InChI is InChI=1S/C21H21N3O6/c1-3-11-30-16-8-6-15(7-9-16)23-19(25)20(26)24-22-13-14-5-10-18(29-4-2)17(12-14)21(27)28/h3,5-10,12-13H,1,4,11H2,2H3,(H,23,25)(H,24,26)(H,27,28)/p-1/b22-13-. The molecule has 0 saturated heterocycles. The van der Waals surface area contributed by atoms with Crippen molar-refractivity contribution in [1.29, 1.82) is 0 Å². The fourth-order valence-corrected chi connectivity index (χ4v) is 2.26. The molecule has 2 aromatic rings. The van der Waals surface area contributed by atoms with E-state index in [1.807, 2.05) is 0 Å². The Balaban J connectivity index is 1.93. The molecule has 9 nitrogen and oxygen atoms in total. The Kier molecular flexibility index (Phi) is 8.13. The molecule has 0 fully saturated rings. The second-order valence-electron chi connectivity index (χ2n) is 5.75. The van der Waals surface area contributed by atoms with E-state index in [0.717, 1.165) is 0 Å². The van der Waals surface area contributed by atoms with Crippen LogP contribution in [-0.2, 0) is 9.59 Å². The summed E-state index contributed by atoms with van der Waals surface area (Å²) in [4.78, 5) is 35.0. The highest BCUT2D eigenvalue weighted by Crippen LogP contribution is 2.19. The summed E-state index contributed by atoms with van der Waals surface area (Å²) in [5.74, 6) is -2.57.